The van der Waals surface area contributed by atoms with Gasteiger partial charge in [-0.25, -0.2) is 12.8 Å². The number of aromatic nitrogens is 1. The number of fused-ring (bicyclic) bond motifs is 1. The molecule has 3 aromatic rings. The molecule has 6 nitrogen and oxygen atoms in total. The Kier molecular flexibility index (Phi) is 7.17. The highest BCUT2D eigenvalue weighted by Crippen LogP contribution is 2.20. The molecule has 30 heavy (non-hydrogen) atoms. The first-order valence-electron chi connectivity index (χ1n) is 9.45. The van der Waals surface area contributed by atoms with Crippen molar-refractivity contribution in [3.8, 4) is 0 Å². The van der Waals surface area contributed by atoms with Crippen LogP contribution in [0.2, 0.25) is 0 Å². The van der Waals surface area contributed by atoms with Gasteiger partial charge in [0.05, 0.1) is 27.5 Å². The fourth-order valence-corrected chi connectivity index (χ4v) is 5.40. The molecule has 0 atom stereocenters. The maximum atomic E-state index is 14.3. The Bertz CT molecular complexity index is 1210. The lowest BCUT2D eigenvalue weighted by molar-refractivity contribution is -0.118. The third-order valence-corrected chi connectivity index (χ3v) is 7.44. The van der Waals surface area contributed by atoms with E-state index in [1.165, 1.54) is 17.4 Å². The van der Waals surface area contributed by atoms with E-state index in [-0.39, 0.29) is 23.5 Å². The van der Waals surface area contributed by atoms with Gasteiger partial charge >= 0.3 is 0 Å². The molecule has 0 aliphatic carbocycles. The summed E-state index contributed by atoms with van der Waals surface area (Å²) < 4.78 is 46.5. The fraction of sp³-hybridized carbons (Fsp3) is 0.333. The van der Waals surface area contributed by atoms with Crippen LogP contribution in [0.5, 0.6) is 0 Å². The quantitative estimate of drug-likeness (QED) is 0.526. The van der Waals surface area contributed by atoms with Crippen molar-refractivity contribution in [1.82, 2.24) is 4.57 Å². The highest BCUT2D eigenvalue weighted by molar-refractivity contribution is 7.91. The highest BCUT2D eigenvalue weighted by atomic mass is 32.2. The summed E-state index contributed by atoms with van der Waals surface area (Å²) in [6.45, 7) is 2.58. The topological polar surface area (TPSA) is 77.7 Å². The molecule has 2 aromatic carbocycles. The second kappa shape index (κ2) is 9.63. The van der Waals surface area contributed by atoms with Gasteiger partial charge in [0.25, 0.3) is 0 Å². The number of rotatable bonds is 8. The minimum Gasteiger partial charge on any atom is -0.383 e. The smallest absolute Gasteiger partial charge is 0.248 e. The number of benzene rings is 2. The summed E-state index contributed by atoms with van der Waals surface area (Å²) >= 11 is 1.22. The number of methoxy groups -OCH3 is 1. The molecule has 3 rings (SSSR count). The molecule has 0 fully saturated rings. The molecule has 160 valence electrons. The number of carbonyl (C=O) groups excluding carboxylic acids is 1. The van der Waals surface area contributed by atoms with Crippen LogP contribution in [0, 0.1) is 12.7 Å². The van der Waals surface area contributed by atoms with Crippen LogP contribution in [0.4, 0.5) is 4.39 Å². The molecule has 0 unspecified atom stereocenters. The summed E-state index contributed by atoms with van der Waals surface area (Å²) in [5.41, 5.74) is 1.36. The zero-order valence-corrected chi connectivity index (χ0v) is 18.4. The Morgan fingerprint density at radius 3 is 2.63 bits per heavy atom. The Labute approximate surface area is 178 Å². The summed E-state index contributed by atoms with van der Waals surface area (Å²) in [6.07, 6.45) is 0.155. The molecular weight excluding hydrogens is 427 g/mol. The number of thiazole rings is 1. The average Bonchev–Trinajstić information content (AvgIpc) is 3.04. The van der Waals surface area contributed by atoms with E-state index in [0.717, 1.165) is 5.56 Å². The lowest BCUT2D eigenvalue weighted by atomic mass is 10.2. The van der Waals surface area contributed by atoms with Gasteiger partial charge in [-0.1, -0.05) is 35.1 Å². The molecule has 0 radical (unpaired) electrons. The Hall–Kier alpha value is -2.36. The van der Waals surface area contributed by atoms with Crippen molar-refractivity contribution >= 4 is 37.3 Å². The van der Waals surface area contributed by atoms with Crippen molar-refractivity contribution in [3.63, 3.8) is 0 Å². The maximum absolute atomic E-state index is 14.3. The first kappa shape index (κ1) is 22.3. The molecule has 0 saturated heterocycles. The van der Waals surface area contributed by atoms with Gasteiger partial charge in [0.2, 0.25) is 5.91 Å². The van der Waals surface area contributed by atoms with Gasteiger partial charge in [-0.15, -0.1) is 0 Å². The number of nitrogens with zero attached hydrogens (tertiary/aromatic N) is 2. The van der Waals surface area contributed by atoms with Crippen LogP contribution in [0.15, 0.2) is 52.4 Å². The largest absolute Gasteiger partial charge is 0.383 e. The van der Waals surface area contributed by atoms with E-state index in [1.54, 1.807) is 48.1 Å². The van der Waals surface area contributed by atoms with Gasteiger partial charge in [-0.2, -0.15) is 4.99 Å². The van der Waals surface area contributed by atoms with Crippen LogP contribution in [-0.4, -0.2) is 38.4 Å². The number of aryl methyl sites for hydroxylation is 1. The third-order valence-electron chi connectivity index (χ3n) is 4.58. The van der Waals surface area contributed by atoms with Crippen LogP contribution in [0.25, 0.3) is 10.2 Å². The normalized spacial score (nSPS) is 12.6. The van der Waals surface area contributed by atoms with Crippen LogP contribution < -0.4 is 4.80 Å². The van der Waals surface area contributed by atoms with Gasteiger partial charge in [0.15, 0.2) is 14.6 Å². The summed E-state index contributed by atoms with van der Waals surface area (Å²) in [5.74, 6) is -0.965. The number of amides is 1. The van der Waals surface area contributed by atoms with Crippen molar-refractivity contribution in [1.29, 1.82) is 0 Å². The predicted octanol–water partition coefficient (Wildman–Crippen LogP) is 3.48. The minimum atomic E-state index is -3.45. The fourth-order valence-electron chi connectivity index (χ4n) is 3.00. The standard InChI is InChI=1S/C21H23FN2O4S2/c1-15-8-10-16(11-9-15)30(26,27)14-4-7-19(25)23-21-24(12-13-28-2)20-17(22)5-3-6-18(20)29-21/h3,5-6,8-11H,4,7,12-14H2,1-2H3. The maximum Gasteiger partial charge on any atom is 0.248 e. The van der Waals surface area contributed by atoms with E-state index >= 15 is 0 Å². The Morgan fingerprint density at radius 2 is 1.93 bits per heavy atom. The molecule has 1 heterocycles. The zero-order valence-electron chi connectivity index (χ0n) is 16.8. The van der Waals surface area contributed by atoms with E-state index in [9.17, 15) is 17.6 Å². The van der Waals surface area contributed by atoms with Gasteiger partial charge in [0, 0.05) is 20.1 Å². The molecule has 1 aromatic heterocycles. The molecule has 0 N–H and O–H groups in total. The monoisotopic (exact) mass is 450 g/mol. The summed E-state index contributed by atoms with van der Waals surface area (Å²) in [6, 6.07) is 11.4. The number of sulfone groups is 1. The van der Waals surface area contributed by atoms with Crippen LogP contribution in [0.1, 0.15) is 18.4 Å². The number of para-hydroxylation sites is 1. The Morgan fingerprint density at radius 1 is 1.20 bits per heavy atom. The van der Waals surface area contributed by atoms with E-state index in [2.05, 4.69) is 4.99 Å². The van der Waals surface area contributed by atoms with E-state index in [4.69, 9.17) is 4.74 Å². The first-order valence-corrected chi connectivity index (χ1v) is 11.9. The predicted molar refractivity (Wildman–Crippen MR) is 115 cm³/mol. The second-order valence-corrected chi connectivity index (χ2v) is 9.97. The minimum absolute atomic E-state index is 0.00784. The summed E-state index contributed by atoms with van der Waals surface area (Å²) in [5, 5.41) is 0. The van der Waals surface area contributed by atoms with Gasteiger partial charge < -0.3 is 9.30 Å². The molecule has 9 heteroatoms. The van der Waals surface area contributed by atoms with Gasteiger partial charge in [-0.05, 0) is 37.6 Å². The number of ether oxygens (including phenoxy) is 1. The average molecular weight is 451 g/mol. The van der Waals surface area contributed by atoms with Crippen LogP contribution in [0.3, 0.4) is 0 Å². The molecular formula is C21H23FN2O4S2. The van der Waals surface area contributed by atoms with Crippen molar-refractivity contribution in [2.24, 2.45) is 4.99 Å². The van der Waals surface area contributed by atoms with Crippen molar-refractivity contribution < 1.29 is 22.3 Å². The van der Waals surface area contributed by atoms with E-state index in [1.807, 2.05) is 6.92 Å². The lowest BCUT2D eigenvalue weighted by Gasteiger charge is -2.05. The number of hydrogen-bond donors (Lipinski definition) is 0. The molecule has 1 amide bonds. The zero-order chi connectivity index (χ0) is 21.7. The van der Waals surface area contributed by atoms with Crippen LogP contribution >= 0.6 is 11.3 Å². The lowest BCUT2D eigenvalue weighted by Crippen LogP contribution is -2.20. The van der Waals surface area contributed by atoms with Crippen molar-refractivity contribution in [2.45, 2.75) is 31.2 Å². The molecule has 0 saturated carbocycles. The first-order chi connectivity index (χ1) is 14.3. The summed E-state index contributed by atoms with van der Waals surface area (Å²) in [4.78, 5) is 17.1. The molecule has 0 bridgehead atoms. The summed E-state index contributed by atoms with van der Waals surface area (Å²) in [7, 11) is -1.91. The van der Waals surface area contributed by atoms with Gasteiger partial charge in [0.1, 0.15) is 5.82 Å². The second-order valence-electron chi connectivity index (χ2n) is 6.86. The van der Waals surface area contributed by atoms with Crippen molar-refractivity contribution in [3.05, 3.63) is 58.6 Å². The van der Waals surface area contributed by atoms with Gasteiger partial charge in [-0.3, -0.25) is 4.79 Å². The van der Waals surface area contributed by atoms with E-state index < -0.39 is 21.6 Å². The van der Waals surface area contributed by atoms with Crippen molar-refractivity contribution in [2.75, 3.05) is 19.5 Å². The number of halogens is 1. The Balaban J connectivity index is 1.75. The van der Waals surface area contributed by atoms with E-state index in [0.29, 0.717) is 28.2 Å². The number of hydrogen-bond acceptors (Lipinski definition) is 5. The number of carbonyl (C=O) groups is 1. The SMILES string of the molecule is COCCn1c(=NC(=O)CCCS(=O)(=O)c2ccc(C)cc2)sc2cccc(F)c21. The molecule has 0 aliphatic rings. The highest BCUT2D eigenvalue weighted by Gasteiger charge is 2.15. The molecule has 0 spiro atoms. The van der Waals surface area contributed by atoms with Crippen LogP contribution in [-0.2, 0) is 25.9 Å². The molecule has 0 aliphatic heterocycles. The third kappa shape index (κ3) is 5.21.